The van der Waals surface area contributed by atoms with Gasteiger partial charge in [-0.15, -0.1) is 0 Å². The first-order valence-electron chi connectivity index (χ1n) is 10.2. The van der Waals surface area contributed by atoms with Crippen LogP contribution in [0.4, 0.5) is 28.2 Å². The monoisotopic (exact) mass is 516 g/mol. The highest BCUT2D eigenvalue weighted by Gasteiger charge is 2.43. The summed E-state index contributed by atoms with van der Waals surface area (Å²) in [5, 5.41) is 2.88. The van der Waals surface area contributed by atoms with Gasteiger partial charge in [0.25, 0.3) is 5.92 Å². The Hall–Kier alpha value is -2.77. The molecule has 4 rings (SSSR count). The van der Waals surface area contributed by atoms with Crippen molar-refractivity contribution in [1.29, 1.82) is 0 Å². The lowest BCUT2D eigenvalue weighted by Gasteiger charge is -2.23. The number of benzene rings is 2. The Bertz CT molecular complexity index is 1330. The van der Waals surface area contributed by atoms with Gasteiger partial charge in [0.05, 0.1) is 22.6 Å². The van der Waals surface area contributed by atoms with Gasteiger partial charge in [0, 0.05) is 30.5 Å². The summed E-state index contributed by atoms with van der Waals surface area (Å²) in [5.74, 6) is -4.86. The average molecular weight is 517 g/mol. The van der Waals surface area contributed by atoms with E-state index in [1.54, 1.807) is 12.1 Å². The molecule has 1 saturated heterocycles. The lowest BCUT2D eigenvalue weighted by molar-refractivity contribution is -0.0338. The molecule has 0 unspecified atom stereocenters. The van der Waals surface area contributed by atoms with Crippen molar-refractivity contribution in [1.82, 2.24) is 14.0 Å². The van der Waals surface area contributed by atoms with Crippen LogP contribution in [0.2, 0.25) is 0 Å². The summed E-state index contributed by atoms with van der Waals surface area (Å²) in [4.78, 5) is 14.0. The third-order valence-electron chi connectivity index (χ3n) is 5.51. The predicted molar refractivity (Wildman–Crippen MR) is 122 cm³/mol. The zero-order chi connectivity index (χ0) is 24.7. The van der Waals surface area contributed by atoms with Crippen molar-refractivity contribution in [3.05, 3.63) is 48.0 Å². The minimum absolute atomic E-state index is 0.0464. The lowest BCUT2D eigenvalue weighted by atomic mass is 10.0. The number of nitrogens with one attached hydrogen (secondary N) is 2. The van der Waals surface area contributed by atoms with Crippen molar-refractivity contribution < 1.29 is 30.8 Å². The van der Waals surface area contributed by atoms with Crippen LogP contribution < -0.4 is 10.0 Å². The van der Waals surface area contributed by atoms with Crippen molar-refractivity contribution in [2.24, 2.45) is 0 Å². The van der Waals surface area contributed by atoms with Crippen molar-refractivity contribution in [2.45, 2.75) is 24.8 Å². The molecule has 0 spiro atoms. The standard InChI is InChI=1S/C21H20F4N4O3S2/c1-34(31,32)28-16-8-10-29(11-9-21(16,24)25)20(30)26-19-18-12(4-2-7-15(18)33-27-19)17-13(22)5-3-6-14(17)23/h2-7,16,28H,8-11H2,1H3,(H,26,27,30)/t16-/m1/s1. The fourth-order valence-electron chi connectivity index (χ4n) is 3.89. The van der Waals surface area contributed by atoms with E-state index in [4.69, 9.17) is 0 Å². The third-order valence-corrected chi connectivity index (χ3v) is 7.04. The molecule has 1 atom stereocenters. The highest BCUT2D eigenvalue weighted by atomic mass is 32.2. The van der Waals surface area contributed by atoms with E-state index in [9.17, 15) is 30.8 Å². The molecular formula is C21H20F4N4O3S2. The summed E-state index contributed by atoms with van der Waals surface area (Å²) in [6, 6.07) is 5.90. The van der Waals surface area contributed by atoms with Crippen LogP contribution in [0, 0.1) is 11.6 Å². The van der Waals surface area contributed by atoms with Crippen molar-refractivity contribution in [3.63, 3.8) is 0 Å². The second-order valence-electron chi connectivity index (χ2n) is 7.97. The molecule has 0 aliphatic carbocycles. The maximum absolute atomic E-state index is 14.5. The van der Waals surface area contributed by atoms with Gasteiger partial charge in [0.1, 0.15) is 11.6 Å². The number of hydrogen-bond donors (Lipinski definition) is 2. The molecule has 0 saturated carbocycles. The third kappa shape index (κ3) is 5.00. The minimum atomic E-state index is -3.87. The number of urea groups is 1. The Morgan fingerprint density at radius 3 is 2.50 bits per heavy atom. The molecule has 1 aromatic heterocycles. The number of alkyl halides is 2. The number of anilines is 1. The molecule has 2 heterocycles. The van der Waals surface area contributed by atoms with E-state index < -0.39 is 46.1 Å². The number of aromatic nitrogens is 1. The van der Waals surface area contributed by atoms with Crippen LogP contribution in [-0.4, -0.2) is 55.0 Å². The van der Waals surface area contributed by atoms with Gasteiger partial charge < -0.3 is 4.90 Å². The van der Waals surface area contributed by atoms with Gasteiger partial charge in [-0.1, -0.05) is 18.2 Å². The Labute approximate surface area is 197 Å². The number of hydrogen-bond acceptors (Lipinski definition) is 5. The first kappa shape index (κ1) is 24.4. The smallest absolute Gasteiger partial charge is 0.323 e. The number of fused-ring (bicyclic) bond motifs is 1. The molecule has 2 amide bonds. The molecule has 34 heavy (non-hydrogen) atoms. The molecule has 7 nitrogen and oxygen atoms in total. The van der Waals surface area contributed by atoms with Crippen molar-refractivity contribution in [2.75, 3.05) is 24.7 Å². The molecule has 182 valence electrons. The van der Waals surface area contributed by atoms with Crippen LogP contribution >= 0.6 is 11.5 Å². The number of amides is 2. The largest absolute Gasteiger partial charge is 0.324 e. The Morgan fingerprint density at radius 2 is 1.82 bits per heavy atom. The molecule has 0 radical (unpaired) electrons. The summed E-state index contributed by atoms with van der Waals surface area (Å²) in [6.07, 6.45) is -0.240. The zero-order valence-corrected chi connectivity index (χ0v) is 19.5. The first-order chi connectivity index (χ1) is 16.0. The molecule has 1 aliphatic heterocycles. The summed E-state index contributed by atoms with van der Waals surface area (Å²) >= 11 is 1.01. The van der Waals surface area contributed by atoms with Crippen molar-refractivity contribution in [3.8, 4) is 11.1 Å². The maximum Gasteiger partial charge on any atom is 0.323 e. The SMILES string of the molecule is CS(=O)(=O)N[C@@H]1CCN(C(=O)Nc2nsc3cccc(-c4c(F)cccc4F)c23)CCC1(F)F. The lowest BCUT2D eigenvalue weighted by Crippen LogP contribution is -2.47. The van der Waals surface area contributed by atoms with Crippen LogP contribution in [-0.2, 0) is 10.0 Å². The first-order valence-corrected chi connectivity index (χ1v) is 12.9. The van der Waals surface area contributed by atoms with Gasteiger partial charge in [-0.3, -0.25) is 5.32 Å². The maximum atomic E-state index is 14.5. The number of sulfonamides is 1. The average Bonchev–Trinajstić information content (AvgIpc) is 3.08. The van der Waals surface area contributed by atoms with Gasteiger partial charge >= 0.3 is 6.03 Å². The number of likely N-dealkylation sites (tertiary alicyclic amines) is 1. The van der Waals surface area contributed by atoms with Crippen molar-refractivity contribution >= 4 is 43.5 Å². The number of halogens is 4. The van der Waals surface area contributed by atoms with E-state index in [1.165, 1.54) is 12.1 Å². The number of nitrogens with zero attached hydrogens (tertiary/aromatic N) is 2. The summed E-state index contributed by atoms with van der Waals surface area (Å²) in [5.41, 5.74) is -0.0788. The minimum Gasteiger partial charge on any atom is -0.324 e. The van der Waals surface area contributed by atoms with Crippen LogP contribution in [0.15, 0.2) is 36.4 Å². The topological polar surface area (TPSA) is 91.4 Å². The molecule has 2 aromatic carbocycles. The molecular weight excluding hydrogens is 496 g/mol. The molecule has 0 bridgehead atoms. The highest BCUT2D eigenvalue weighted by Crippen LogP contribution is 2.38. The van der Waals surface area contributed by atoms with Gasteiger partial charge in [0.2, 0.25) is 10.0 Å². The molecule has 1 aliphatic rings. The zero-order valence-electron chi connectivity index (χ0n) is 17.8. The van der Waals surface area contributed by atoms with E-state index in [-0.39, 0.29) is 36.5 Å². The van der Waals surface area contributed by atoms with E-state index >= 15 is 0 Å². The number of rotatable bonds is 4. The quantitative estimate of drug-likeness (QED) is 0.503. The number of carbonyl (C=O) groups is 1. The molecule has 13 heteroatoms. The summed E-state index contributed by atoms with van der Waals surface area (Å²) < 4.78 is 87.4. The highest BCUT2D eigenvalue weighted by molar-refractivity contribution is 7.88. The van der Waals surface area contributed by atoms with Crippen LogP contribution in [0.3, 0.4) is 0 Å². The normalized spacial score (nSPS) is 18.6. The number of carbonyl (C=O) groups excluding carboxylic acids is 1. The fourth-order valence-corrected chi connectivity index (χ4v) is 5.46. The van der Waals surface area contributed by atoms with E-state index in [2.05, 4.69) is 9.69 Å². The van der Waals surface area contributed by atoms with E-state index in [0.29, 0.717) is 10.1 Å². The van der Waals surface area contributed by atoms with Crippen LogP contribution in [0.5, 0.6) is 0 Å². The predicted octanol–water partition coefficient (Wildman–Crippen LogP) is 4.42. The second kappa shape index (κ2) is 9.12. The molecule has 2 N–H and O–H groups in total. The molecule has 3 aromatic rings. The van der Waals surface area contributed by atoms with Gasteiger partial charge in [-0.2, -0.15) is 4.37 Å². The van der Waals surface area contributed by atoms with E-state index in [1.807, 2.05) is 4.72 Å². The second-order valence-corrected chi connectivity index (χ2v) is 10.6. The fraction of sp³-hybridized carbons (Fsp3) is 0.333. The van der Waals surface area contributed by atoms with Crippen LogP contribution in [0.1, 0.15) is 12.8 Å². The van der Waals surface area contributed by atoms with Gasteiger partial charge in [-0.25, -0.2) is 35.5 Å². The van der Waals surface area contributed by atoms with E-state index in [0.717, 1.165) is 34.8 Å². The summed E-state index contributed by atoms with van der Waals surface area (Å²) in [7, 11) is -3.87. The van der Waals surface area contributed by atoms with Crippen LogP contribution in [0.25, 0.3) is 21.2 Å². The summed E-state index contributed by atoms with van der Waals surface area (Å²) in [6.45, 7) is -0.455. The Morgan fingerprint density at radius 1 is 1.15 bits per heavy atom. The van der Waals surface area contributed by atoms with Gasteiger partial charge in [-0.05, 0) is 36.2 Å². The Balaban J connectivity index is 1.61. The molecule has 1 fully saturated rings. The Kier molecular flexibility index (Phi) is 6.53. The van der Waals surface area contributed by atoms with Gasteiger partial charge in [0.15, 0.2) is 5.82 Å².